The molecule has 0 aliphatic carbocycles. The highest BCUT2D eigenvalue weighted by Crippen LogP contribution is 2.22. The maximum absolute atomic E-state index is 11.9. The summed E-state index contributed by atoms with van der Waals surface area (Å²) in [7, 11) is 0. The van der Waals surface area contributed by atoms with Crippen molar-refractivity contribution < 1.29 is 4.79 Å². The predicted octanol–water partition coefficient (Wildman–Crippen LogP) is 3.76. The standard InChI is InChI=1S/C16H21N3O/c1-11-17-10-14(18-11)12-5-7-13(8-6-12)19-15(20)9-16(2,3)4/h5-8,10H,9H2,1-4H3,(H,17,18)(H,19,20). The fourth-order valence-electron chi connectivity index (χ4n) is 1.99. The highest BCUT2D eigenvalue weighted by molar-refractivity contribution is 5.91. The quantitative estimate of drug-likeness (QED) is 0.893. The number of nitrogens with one attached hydrogen (secondary N) is 2. The zero-order valence-corrected chi connectivity index (χ0v) is 12.4. The molecule has 0 aliphatic rings. The molecule has 0 saturated heterocycles. The summed E-state index contributed by atoms with van der Waals surface area (Å²) in [5.74, 6) is 0.935. The first-order valence-corrected chi connectivity index (χ1v) is 6.75. The van der Waals surface area contributed by atoms with Gasteiger partial charge in [0.15, 0.2) is 0 Å². The third-order valence-corrected chi connectivity index (χ3v) is 2.87. The van der Waals surface area contributed by atoms with Crippen molar-refractivity contribution in [2.75, 3.05) is 5.32 Å². The first-order chi connectivity index (χ1) is 9.33. The lowest BCUT2D eigenvalue weighted by Crippen LogP contribution is -2.19. The summed E-state index contributed by atoms with van der Waals surface area (Å²) in [5, 5.41) is 2.92. The van der Waals surface area contributed by atoms with Crippen LogP contribution in [0.15, 0.2) is 30.5 Å². The van der Waals surface area contributed by atoms with E-state index < -0.39 is 0 Å². The molecule has 4 heteroatoms. The largest absolute Gasteiger partial charge is 0.342 e. The smallest absolute Gasteiger partial charge is 0.224 e. The predicted molar refractivity (Wildman–Crippen MR) is 81.5 cm³/mol. The van der Waals surface area contributed by atoms with E-state index in [1.165, 1.54) is 0 Å². The first kappa shape index (κ1) is 14.3. The van der Waals surface area contributed by atoms with Gasteiger partial charge < -0.3 is 10.3 Å². The Balaban J connectivity index is 2.03. The molecule has 2 N–H and O–H groups in total. The lowest BCUT2D eigenvalue weighted by atomic mass is 9.92. The second-order valence-corrected chi connectivity index (χ2v) is 6.25. The molecule has 1 amide bonds. The van der Waals surface area contributed by atoms with Gasteiger partial charge in [0.1, 0.15) is 5.82 Å². The van der Waals surface area contributed by atoms with Crippen LogP contribution in [0.5, 0.6) is 0 Å². The molecule has 0 atom stereocenters. The molecular weight excluding hydrogens is 250 g/mol. The van der Waals surface area contributed by atoms with Gasteiger partial charge in [-0.1, -0.05) is 32.9 Å². The Kier molecular flexibility index (Phi) is 3.93. The average Bonchev–Trinajstić information content (AvgIpc) is 2.74. The number of aromatic nitrogens is 2. The Bertz CT molecular complexity index is 591. The summed E-state index contributed by atoms with van der Waals surface area (Å²) in [6.45, 7) is 8.08. The van der Waals surface area contributed by atoms with Crippen LogP contribution in [0.3, 0.4) is 0 Å². The molecule has 0 spiro atoms. The Hall–Kier alpha value is -2.10. The van der Waals surface area contributed by atoms with Gasteiger partial charge in [-0.25, -0.2) is 4.98 Å². The zero-order chi connectivity index (χ0) is 14.8. The topological polar surface area (TPSA) is 57.8 Å². The van der Waals surface area contributed by atoms with Crippen LogP contribution >= 0.6 is 0 Å². The van der Waals surface area contributed by atoms with E-state index in [1.807, 2.05) is 37.4 Å². The molecule has 20 heavy (non-hydrogen) atoms. The third kappa shape index (κ3) is 3.95. The highest BCUT2D eigenvalue weighted by Gasteiger charge is 2.15. The van der Waals surface area contributed by atoms with Gasteiger partial charge in [0, 0.05) is 12.1 Å². The van der Waals surface area contributed by atoms with Crippen LogP contribution in [0, 0.1) is 12.3 Å². The van der Waals surface area contributed by atoms with Crippen LogP contribution in [-0.2, 0) is 4.79 Å². The molecule has 0 aliphatic heterocycles. The number of anilines is 1. The number of carbonyl (C=O) groups excluding carboxylic acids is 1. The molecule has 0 saturated carbocycles. The number of hydrogen-bond acceptors (Lipinski definition) is 2. The molecule has 106 valence electrons. The third-order valence-electron chi connectivity index (χ3n) is 2.87. The SMILES string of the molecule is Cc1ncc(-c2ccc(NC(=O)CC(C)(C)C)cc2)[nH]1. The van der Waals surface area contributed by atoms with E-state index in [9.17, 15) is 4.79 Å². The van der Waals surface area contributed by atoms with Crippen molar-refractivity contribution in [2.45, 2.75) is 34.1 Å². The van der Waals surface area contributed by atoms with Gasteiger partial charge in [-0.05, 0) is 30.0 Å². The number of rotatable bonds is 3. The van der Waals surface area contributed by atoms with E-state index in [1.54, 1.807) is 0 Å². The van der Waals surface area contributed by atoms with Crippen molar-refractivity contribution in [2.24, 2.45) is 5.41 Å². The van der Waals surface area contributed by atoms with Gasteiger partial charge in [-0.15, -0.1) is 0 Å². The summed E-state index contributed by atoms with van der Waals surface area (Å²) >= 11 is 0. The molecule has 0 unspecified atom stereocenters. The molecule has 1 heterocycles. The van der Waals surface area contributed by atoms with Crippen LogP contribution in [0.2, 0.25) is 0 Å². The van der Waals surface area contributed by atoms with Crippen molar-refractivity contribution in [1.29, 1.82) is 0 Å². The molecule has 2 aromatic rings. The van der Waals surface area contributed by atoms with E-state index >= 15 is 0 Å². The summed E-state index contributed by atoms with van der Waals surface area (Å²) in [6.07, 6.45) is 2.32. The van der Waals surface area contributed by atoms with Crippen LogP contribution in [0.4, 0.5) is 5.69 Å². The Morgan fingerprint density at radius 2 is 1.90 bits per heavy atom. The number of nitrogens with zero attached hydrogens (tertiary/aromatic N) is 1. The van der Waals surface area contributed by atoms with Crippen molar-refractivity contribution in [3.05, 3.63) is 36.3 Å². The first-order valence-electron chi connectivity index (χ1n) is 6.75. The monoisotopic (exact) mass is 271 g/mol. The number of H-pyrrole nitrogens is 1. The van der Waals surface area contributed by atoms with Gasteiger partial charge in [0.2, 0.25) is 5.91 Å². The van der Waals surface area contributed by atoms with E-state index in [0.717, 1.165) is 22.8 Å². The van der Waals surface area contributed by atoms with E-state index in [4.69, 9.17) is 0 Å². The Morgan fingerprint density at radius 3 is 2.40 bits per heavy atom. The van der Waals surface area contributed by atoms with Crippen LogP contribution in [-0.4, -0.2) is 15.9 Å². The lowest BCUT2D eigenvalue weighted by Gasteiger charge is -2.17. The zero-order valence-electron chi connectivity index (χ0n) is 12.4. The maximum atomic E-state index is 11.9. The number of carbonyl (C=O) groups is 1. The summed E-state index contributed by atoms with van der Waals surface area (Å²) in [5.41, 5.74) is 2.85. The molecule has 1 aromatic carbocycles. The molecule has 2 rings (SSSR count). The van der Waals surface area contributed by atoms with Crippen LogP contribution in [0.1, 0.15) is 33.0 Å². The van der Waals surface area contributed by atoms with Gasteiger partial charge >= 0.3 is 0 Å². The molecule has 1 aromatic heterocycles. The van der Waals surface area contributed by atoms with Gasteiger partial charge in [0.05, 0.1) is 11.9 Å². The fraction of sp³-hybridized carbons (Fsp3) is 0.375. The number of hydrogen-bond donors (Lipinski definition) is 2. The molecule has 0 fully saturated rings. The number of aryl methyl sites for hydroxylation is 1. The minimum atomic E-state index is -0.00251. The molecule has 0 bridgehead atoms. The number of benzene rings is 1. The average molecular weight is 271 g/mol. The maximum Gasteiger partial charge on any atom is 0.224 e. The van der Waals surface area contributed by atoms with Gasteiger partial charge in [-0.3, -0.25) is 4.79 Å². The van der Waals surface area contributed by atoms with Crippen molar-refractivity contribution in [1.82, 2.24) is 9.97 Å². The Labute approximate surface area is 119 Å². The summed E-state index contributed by atoms with van der Waals surface area (Å²) < 4.78 is 0. The van der Waals surface area contributed by atoms with Gasteiger partial charge in [-0.2, -0.15) is 0 Å². The Morgan fingerprint density at radius 1 is 1.25 bits per heavy atom. The van der Waals surface area contributed by atoms with Gasteiger partial charge in [0.25, 0.3) is 0 Å². The van der Waals surface area contributed by atoms with Crippen LogP contribution in [0.25, 0.3) is 11.3 Å². The number of imidazole rings is 1. The normalized spacial score (nSPS) is 11.4. The number of amides is 1. The fourth-order valence-corrected chi connectivity index (χ4v) is 1.99. The van der Waals surface area contributed by atoms with Crippen molar-refractivity contribution in [3.8, 4) is 11.3 Å². The van der Waals surface area contributed by atoms with Crippen molar-refractivity contribution >= 4 is 11.6 Å². The molecule has 0 radical (unpaired) electrons. The van der Waals surface area contributed by atoms with Crippen molar-refractivity contribution in [3.63, 3.8) is 0 Å². The minimum Gasteiger partial charge on any atom is -0.342 e. The van der Waals surface area contributed by atoms with E-state index in [0.29, 0.717) is 6.42 Å². The summed E-state index contributed by atoms with van der Waals surface area (Å²) in [4.78, 5) is 19.2. The second-order valence-electron chi connectivity index (χ2n) is 6.25. The molecule has 4 nitrogen and oxygen atoms in total. The van der Waals surface area contributed by atoms with E-state index in [2.05, 4.69) is 36.1 Å². The number of aromatic amines is 1. The molecular formula is C16H21N3O. The highest BCUT2D eigenvalue weighted by atomic mass is 16.1. The van der Waals surface area contributed by atoms with E-state index in [-0.39, 0.29) is 11.3 Å². The second kappa shape index (κ2) is 5.49. The summed E-state index contributed by atoms with van der Waals surface area (Å²) in [6, 6.07) is 7.76. The minimum absolute atomic E-state index is 0.00251. The lowest BCUT2D eigenvalue weighted by molar-refractivity contribution is -0.117. The van der Waals surface area contributed by atoms with Crippen LogP contribution < -0.4 is 5.32 Å².